The van der Waals surface area contributed by atoms with E-state index in [9.17, 15) is 0 Å². The van der Waals surface area contributed by atoms with E-state index in [2.05, 4.69) is 69.8 Å². The quantitative estimate of drug-likeness (QED) is 0.503. The first-order valence-corrected chi connectivity index (χ1v) is 12.6. The standard InChI is InChI=1S/C27H32N6S/c1-20(21-10-4-2-5-11-21)28-27(34)31-26-29-24(32-15-8-3-9-16-32)18-25(30-26)33-17-14-22-12-6-7-13-23(22)19-33/h2,4-7,10-13,18,20H,3,8-9,14-17,19H2,1H3,(H2,28,29,30,31,34). The molecule has 1 aromatic heterocycles. The molecule has 34 heavy (non-hydrogen) atoms. The summed E-state index contributed by atoms with van der Waals surface area (Å²) >= 11 is 5.63. The summed E-state index contributed by atoms with van der Waals surface area (Å²) in [6, 6.07) is 21.2. The molecule has 0 bridgehead atoms. The summed E-state index contributed by atoms with van der Waals surface area (Å²) in [4.78, 5) is 14.5. The molecule has 3 heterocycles. The number of piperidine rings is 1. The van der Waals surface area contributed by atoms with Gasteiger partial charge in [-0.3, -0.25) is 0 Å². The van der Waals surface area contributed by atoms with Crippen LogP contribution in [0.25, 0.3) is 0 Å². The minimum absolute atomic E-state index is 0.0875. The van der Waals surface area contributed by atoms with E-state index in [-0.39, 0.29) is 6.04 Å². The Hall–Kier alpha value is -3.19. The first-order valence-electron chi connectivity index (χ1n) is 12.2. The molecule has 3 aromatic rings. The molecular formula is C27H32N6S. The number of aromatic nitrogens is 2. The Kier molecular flexibility index (Phi) is 6.90. The van der Waals surface area contributed by atoms with Gasteiger partial charge in [-0.25, -0.2) is 0 Å². The van der Waals surface area contributed by atoms with E-state index in [1.54, 1.807) is 0 Å². The van der Waals surface area contributed by atoms with Crippen molar-refractivity contribution in [3.63, 3.8) is 0 Å². The van der Waals surface area contributed by atoms with Gasteiger partial charge in [-0.2, -0.15) is 9.97 Å². The van der Waals surface area contributed by atoms with Gasteiger partial charge in [0.1, 0.15) is 11.6 Å². The largest absolute Gasteiger partial charge is 0.356 e. The van der Waals surface area contributed by atoms with E-state index in [0.29, 0.717) is 11.1 Å². The molecule has 2 aliphatic heterocycles. The van der Waals surface area contributed by atoms with Crippen LogP contribution in [0.4, 0.5) is 17.6 Å². The molecule has 0 spiro atoms. The third-order valence-corrected chi connectivity index (χ3v) is 6.93. The molecule has 1 atom stereocenters. The van der Waals surface area contributed by atoms with E-state index in [4.69, 9.17) is 22.2 Å². The SMILES string of the molecule is CC(NC(=S)Nc1nc(N2CCCCC2)cc(N2CCc3ccccc3C2)n1)c1ccccc1. The van der Waals surface area contributed by atoms with Gasteiger partial charge in [0.25, 0.3) is 0 Å². The topological polar surface area (TPSA) is 56.3 Å². The molecule has 6 nitrogen and oxygen atoms in total. The second kappa shape index (κ2) is 10.4. The van der Waals surface area contributed by atoms with E-state index in [1.807, 2.05) is 18.2 Å². The fraction of sp³-hybridized carbons (Fsp3) is 0.370. The van der Waals surface area contributed by atoms with Crippen LogP contribution in [0.1, 0.15) is 48.9 Å². The van der Waals surface area contributed by atoms with Gasteiger partial charge < -0.3 is 20.4 Å². The number of benzene rings is 2. The summed E-state index contributed by atoms with van der Waals surface area (Å²) < 4.78 is 0. The number of hydrogen-bond donors (Lipinski definition) is 2. The Labute approximate surface area is 207 Å². The maximum absolute atomic E-state index is 5.63. The summed E-state index contributed by atoms with van der Waals surface area (Å²) in [6.07, 6.45) is 4.71. The lowest BCUT2D eigenvalue weighted by atomic mass is 10.00. The Morgan fingerprint density at radius 2 is 1.53 bits per heavy atom. The second-order valence-electron chi connectivity index (χ2n) is 9.13. The monoisotopic (exact) mass is 472 g/mol. The van der Waals surface area contributed by atoms with Crippen LogP contribution in [0.5, 0.6) is 0 Å². The molecule has 0 radical (unpaired) electrons. The van der Waals surface area contributed by atoms with Crippen LogP contribution in [0, 0.1) is 0 Å². The minimum Gasteiger partial charge on any atom is -0.356 e. The fourth-order valence-corrected chi connectivity index (χ4v) is 5.04. The molecule has 0 aliphatic carbocycles. The van der Waals surface area contributed by atoms with Crippen LogP contribution in [-0.4, -0.2) is 34.7 Å². The maximum Gasteiger partial charge on any atom is 0.232 e. The zero-order chi connectivity index (χ0) is 23.3. The zero-order valence-corrected chi connectivity index (χ0v) is 20.5. The number of anilines is 3. The van der Waals surface area contributed by atoms with Crippen molar-refractivity contribution in [2.45, 2.75) is 45.2 Å². The summed E-state index contributed by atoms with van der Waals surface area (Å²) in [5, 5.41) is 7.16. The van der Waals surface area contributed by atoms with Gasteiger partial charge in [-0.1, -0.05) is 54.6 Å². The molecule has 1 unspecified atom stereocenters. The summed E-state index contributed by atoms with van der Waals surface area (Å²) in [7, 11) is 0. The maximum atomic E-state index is 5.63. The molecule has 2 aromatic carbocycles. The van der Waals surface area contributed by atoms with E-state index in [1.165, 1.54) is 36.0 Å². The van der Waals surface area contributed by atoms with Crippen molar-refractivity contribution in [3.05, 3.63) is 77.4 Å². The molecule has 2 aliphatic rings. The predicted octanol–water partition coefficient (Wildman–Crippen LogP) is 5.08. The highest BCUT2D eigenvalue weighted by molar-refractivity contribution is 7.80. The smallest absolute Gasteiger partial charge is 0.232 e. The minimum atomic E-state index is 0.0875. The highest BCUT2D eigenvalue weighted by atomic mass is 32.1. The average Bonchev–Trinajstić information content (AvgIpc) is 2.89. The van der Waals surface area contributed by atoms with Crippen molar-refractivity contribution >= 4 is 34.9 Å². The van der Waals surface area contributed by atoms with Crippen molar-refractivity contribution in [2.24, 2.45) is 0 Å². The first kappa shape index (κ1) is 22.6. The predicted molar refractivity (Wildman–Crippen MR) is 144 cm³/mol. The van der Waals surface area contributed by atoms with Gasteiger partial charge in [-0.05, 0) is 61.5 Å². The van der Waals surface area contributed by atoms with Crippen LogP contribution in [-0.2, 0) is 13.0 Å². The summed E-state index contributed by atoms with van der Waals surface area (Å²) in [6.45, 7) is 5.98. The van der Waals surface area contributed by atoms with E-state index in [0.717, 1.165) is 44.2 Å². The molecule has 1 fully saturated rings. The molecule has 2 N–H and O–H groups in total. The van der Waals surface area contributed by atoms with Gasteiger partial charge in [0.2, 0.25) is 5.95 Å². The van der Waals surface area contributed by atoms with Crippen LogP contribution in [0.2, 0.25) is 0 Å². The Bertz CT molecular complexity index is 1130. The van der Waals surface area contributed by atoms with Crippen LogP contribution in [0.3, 0.4) is 0 Å². The number of hydrogen-bond acceptors (Lipinski definition) is 5. The fourth-order valence-electron chi connectivity index (χ4n) is 4.78. The van der Waals surface area contributed by atoms with Gasteiger partial charge >= 0.3 is 0 Å². The summed E-state index contributed by atoms with van der Waals surface area (Å²) in [5.74, 6) is 2.48. The highest BCUT2D eigenvalue weighted by Crippen LogP contribution is 2.28. The molecule has 7 heteroatoms. The van der Waals surface area contributed by atoms with E-state index >= 15 is 0 Å². The van der Waals surface area contributed by atoms with Crippen molar-refractivity contribution in [1.82, 2.24) is 15.3 Å². The average molecular weight is 473 g/mol. The molecule has 0 amide bonds. The number of nitrogens with zero attached hydrogens (tertiary/aromatic N) is 4. The van der Waals surface area contributed by atoms with Gasteiger partial charge in [-0.15, -0.1) is 0 Å². The molecule has 5 rings (SSSR count). The van der Waals surface area contributed by atoms with Gasteiger partial charge in [0.05, 0.1) is 6.04 Å². The summed E-state index contributed by atoms with van der Waals surface area (Å²) in [5.41, 5.74) is 3.99. The Morgan fingerprint density at radius 3 is 2.29 bits per heavy atom. The lowest BCUT2D eigenvalue weighted by molar-refractivity contribution is 0.573. The zero-order valence-electron chi connectivity index (χ0n) is 19.7. The van der Waals surface area contributed by atoms with Crippen molar-refractivity contribution in [1.29, 1.82) is 0 Å². The lowest BCUT2D eigenvalue weighted by Gasteiger charge is -2.32. The van der Waals surface area contributed by atoms with Gasteiger partial charge in [0.15, 0.2) is 5.11 Å². The Morgan fingerprint density at radius 1 is 0.853 bits per heavy atom. The van der Waals surface area contributed by atoms with Crippen molar-refractivity contribution in [3.8, 4) is 0 Å². The number of nitrogens with one attached hydrogen (secondary N) is 2. The van der Waals surface area contributed by atoms with E-state index < -0.39 is 0 Å². The molecule has 0 saturated carbocycles. The van der Waals surface area contributed by atoms with Crippen molar-refractivity contribution in [2.75, 3.05) is 34.8 Å². The molecular weight excluding hydrogens is 440 g/mol. The third kappa shape index (κ3) is 5.30. The number of fused-ring (bicyclic) bond motifs is 1. The van der Waals surface area contributed by atoms with Gasteiger partial charge in [0, 0.05) is 32.2 Å². The number of thiocarbonyl (C=S) groups is 1. The third-order valence-electron chi connectivity index (χ3n) is 6.71. The molecule has 176 valence electrons. The highest BCUT2D eigenvalue weighted by Gasteiger charge is 2.21. The number of rotatable bonds is 5. The van der Waals surface area contributed by atoms with Crippen LogP contribution in [0.15, 0.2) is 60.7 Å². The van der Waals surface area contributed by atoms with Crippen LogP contribution >= 0.6 is 12.2 Å². The van der Waals surface area contributed by atoms with Crippen molar-refractivity contribution < 1.29 is 0 Å². The lowest BCUT2D eigenvalue weighted by Crippen LogP contribution is -2.35. The molecule has 1 saturated heterocycles. The normalized spacial score (nSPS) is 16.5. The second-order valence-corrected chi connectivity index (χ2v) is 9.54. The first-order chi connectivity index (χ1) is 16.7. The van der Waals surface area contributed by atoms with Crippen LogP contribution < -0.4 is 20.4 Å². The Balaban J connectivity index is 1.37.